The number of hydrogen-bond donors (Lipinski definition) is 3. The summed E-state index contributed by atoms with van der Waals surface area (Å²) in [7, 11) is 0. The van der Waals surface area contributed by atoms with Crippen LogP contribution in [0.1, 0.15) is 406 Å². The van der Waals surface area contributed by atoms with Gasteiger partial charge >= 0.3 is 5.97 Å². The van der Waals surface area contributed by atoms with E-state index in [0.717, 1.165) is 51.4 Å². The van der Waals surface area contributed by atoms with Crippen molar-refractivity contribution in [2.24, 2.45) is 0 Å². The minimum atomic E-state index is -0.668. The second-order valence-corrected chi connectivity index (χ2v) is 25.3. The van der Waals surface area contributed by atoms with E-state index in [4.69, 9.17) is 4.74 Å². The van der Waals surface area contributed by atoms with Crippen LogP contribution in [0.2, 0.25) is 0 Å². The number of aliphatic hydroxyl groups is 2. The number of nitrogens with one attached hydrogen (secondary N) is 1. The van der Waals surface area contributed by atoms with Crippen LogP contribution in [0.3, 0.4) is 0 Å². The van der Waals surface area contributed by atoms with Crippen molar-refractivity contribution in [2.45, 2.75) is 418 Å². The molecule has 0 aromatic rings. The molecule has 0 saturated heterocycles. The lowest BCUT2D eigenvalue weighted by atomic mass is 10.0. The van der Waals surface area contributed by atoms with Crippen molar-refractivity contribution in [2.75, 3.05) is 13.2 Å². The summed E-state index contributed by atoms with van der Waals surface area (Å²) in [6.45, 7) is 4.98. The second kappa shape index (κ2) is 70.6. The van der Waals surface area contributed by atoms with Crippen molar-refractivity contribution in [3.05, 3.63) is 36.5 Å². The van der Waals surface area contributed by atoms with Gasteiger partial charge in [0.15, 0.2) is 0 Å². The third kappa shape index (κ3) is 67.1. The minimum absolute atomic E-state index is 0.00391. The van der Waals surface area contributed by atoms with E-state index in [-0.39, 0.29) is 18.5 Å². The molecule has 0 rings (SSSR count). The molecule has 0 radical (unpaired) electrons. The average Bonchev–Trinajstić information content (AvgIpc) is 3.47. The Balaban J connectivity index is 3.42. The fourth-order valence-corrected chi connectivity index (χ4v) is 11.6. The van der Waals surface area contributed by atoms with Gasteiger partial charge in [-0.05, 0) is 83.5 Å². The molecule has 478 valence electrons. The Morgan fingerprint density at radius 2 is 0.617 bits per heavy atom. The zero-order chi connectivity index (χ0) is 58.5. The van der Waals surface area contributed by atoms with Crippen LogP contribution in [-0.2, 0) is 14.3 Å². The van der Waals surface area contributed by atoms with Gasteiger partial charge in [-0.2, -0.15) is 0 Å². The van der Waals surface area contributed by atoms with Crippen molar-refractivity contribution in [1.29, 1.82) is 0 Å². The smallest absolute Gasteiger partial charge is 0.305 e. The summed E-state index contributed by atoms with van der Waals surface area (Å²) in [5, 5.41) is 23.4. The molecule has 0 aromatic heterocycles. The molecule has 6 heteroatoms. The normalized spacial score (nSPS) is 12.7. The molecule has 0 aromatic carbocycles. The first kappa shape index (κ1) is 79.1. The Morgan fingerprint density at radius 3 is 0.951 bits per heavy atom. The van der Waals surface area contributed by atoms with Gasteiger partial charge < -0.3 is 20.3 Å². The number of carbonyl (C=O) groups is 2. The highest BCUT2D eigenvalue weighted by Gasteiger charge is 2.20. The van der Waals surface area contributed by atoms with Crippen molar-refractivity contribution in [3.63, 3.8) is 0 Å². The molecular formula is C75H143NO5. The maximum absolute atomic E-state index is 12.5. The molecule has 3 N–H and O–H groups in total. The number of hydrogen-bond acceptors (Lipinski definition) is 5. The summed E-state index contributed by atoms with van der Waals surface area (Å²) >= 11 is 0. The first-order chi connectivity index (χ1) is 40.0. The average molecular weight is 1140 g/mol. The number of ether oxygens (including phenoxy) is 1. The van der Waals surface area contributed by atoms with Crippen molar-refractivity contribution < 1.29 is 24.5 Å². The molecule has 0 heterocycles. The summed E-state index contributed by atoms with van der Waals surface area (Å²) in [6, 6.07) is -0.545. The fraction of sp³-hybridized carbons (Fsp3) is 0.893. The standard InChI is InChI=1S/C75H143NO5/c1-3-5-7-9-11-13-15-17-19-21-22-30-33-36-39-43-47-51-55-59-63-67-73(78)72(71-77)76-74(79)68-64-60-56-52-48-44-40-37-34-31-28-26-24-23-25-27-29-32-35-38-42-46-50-54-58-62-66-70-81-75(80)69-65-61-57-53-49-45-41-20-18-16-14-12-10-8-6-4-2/h20,23-24,27,29,41,72-73,77-78H,3-19,21-22,25-26,28,30-40,42-71H2,1-2H3,(H,76,79)/b24-23-,29-27-,41-20-. The quantitative estimate of drug-likeness (QED) is 0.0320. The number of allylic oxidation sites excluding steroid dienone is 6. The Bertz CT molecular complexity index is 1310. The number of amides is 1. The van der Waals surface area contributed by atoms with Crippen LogP contribution in [0.25, 0.3) is 0 Å². The van der Waals surface area contributed by atoms with E-state index in [1.54, 1.807) is 0 Å². The van der Waals surface area contributed by atoms with E-state index in [2.05, 4.69) is 55.6 Å². The predicted molar refractivity (Wildman–Crippen MR) is 356 cm³/mol. The third-order valence-electron chi connectivity index (χ3n) is 17.2. The molecular weight excluding hydrogens is 995 g/mol. The highest BCUT2D eigenvalue weighted by atomic mass is 16.5. The van der Waals surface area contributed by atoms with Crippen LogP contribution >= 0.6 is 0 Å². The Labute approximate surface area is 506 Å². The van der Waals surface area contributed by atoms with Crippen molar-refractivity contribution in [3.8, 4) is 0 Å². The van der Waals surface area contributed by atoms with Gasteiger partial charge in [0.25, 0.3) is 0 Å². The van der Waals surface area contributed by atoms with E-state index < -0.39 is 12.1 Å². The van der Waals surface area contributed by atoms with Gasteiger partial charge in [0, 0.05) is 12.8 Å². The zero-order valence-corrected chi connectivity index (χ0v) is 54.8. The van der Waals surface area contributed by atoms with Gasteiger partial charge in [0.1, 0.15) is 0 Å². The molecule has 0 aliphatic rings. The lowest BCUT2D eigenvalue weighted by Crippen LogP contribution is -2.45. The van der Waals surface area contributed by atoms with Crippen molar-refractivity contribution in [1.82, 2.24) is 5.32 Å². The first-order valence-corrected chi connectivity index (χ1v) is 36.7. The Kier molecular flexibility index (Phi) is 68.9. The Morgan fingerprint density at radius 1 is 0.346 bits per heavy atom. The summed E-state index contributed by atoms with van der Waals surface area (Å²) in [4.78, 5) is 24.6. The monoisotopic (exact) mass is 1140 g/mol. The van der Waals surface area contributed by atoms with Gasteiger partial charge in [0.05, 0.1) is 25.4 Å². The summed E-state index contributed by atoms with van der Waals surface area (Å²) in [6.07, 6.45) is 90.5. The van der Waals surface area contributed by atoms with Crippen molar-refractivity contribution >= 4 is 11.9 Å². The van der Waals surface area contributed by atoms with Gasteiger partial charge in [0.2, 0.25) is 5.91 Å². The van der Waals surface area contributed by atoms with Gasteiger partial charge in [-0.1, -0.05) is 346 Å². The van der Waals surface area contributed by atoms with Crippen LogP contribution in [0.4, 0.5) is 0 Å². The van der Waals surface area contributed by atoms with Crippen LogP contribution in [0, 0.1) is 0 Å². The van der Waals surface area contributed by atoms with Crippen LogP contribution in [0.15, 0.2) is 36.5 Å². The molecule has 0 saturated carbocycles. The van der Waals surface area contributed by atoms with Crippen LogP contribution in [0.5, 0.6) is 0 Å². The molecule has 0 aliphatic heterocycles. The summed E-state index contributed by atoms with van der Waals surface area (Å²) in [5.74, 6) is -0.0302. The highest BCUT2D eigenvalue weighted by molar-refractivity contribution is 5.76. The van der Waals surface area contributed by atoms with Gasteiger partial charge in [-0.3, -0.25) is 9.59 Å². The largest absolute Gasteiger partial charge is 0.466 e. The lowest BCUT2D eigenvalue weighted by molar-refractivity contribution is -0.143. The highest BCUT2D eigenvalue weighted by Crippen LogP contribution is 2.19. The number of unbranched alkanes of at least 4 members (excludes halogenated alkanes) is 52. The fourth-order valence-electron chi connectivity index (χ4n) is 11.6. The van der Waals surface area contributed by atoms with Crippen LogP contribution < -0.4 is 5.32 Å². The molecule has 0 bridgehead atoms. The number of rotatable bonds is 69. The van der Waals surface area contributed by atoms with E-state index in [1.807, 2.05) is 0 Å². The first-order valence-electron chi connectivity index (χ1n) is 36.7. The molecule has 0 spiro atoms. The molecule has 81 heavy (non-hydrogen) atoms. The summed E-state index contributed by atoms with van der Waals surface area (Å²) < 4.78 is 5.49. The Hall–Kier alpha value is -1.92. The van der Waals surface area contributed by atoms with E-state index >= 15 is 0 Å². The lowest BCUT2D eigenvalue weighted by Gasteiger charge is -2.22. The molecule has 6 nitrogen and oxygen atoms in total. The number of carbonyl (C=O) groups excluding carboxylic acids is 2. The number of esters is 1. The minimum Gasteiger partial charge on any atom is -0.466 e. The van der Waals surface area contributed by atoms with Crippen LogP contribution in [-0.4, -0.2) is 47.4 Å². The molecule has 0 aliphatic carbocycles. The van der Waals surface area contributed by atoms with E-state index in [0.29, 0.717) is 25.9 Å². The maximum Gasteiger partial charge on any atom is 0.305 e. The number of aliphatic hydroxyl groups excluding tert-OH is 2. The summed E-state index contributed by atoms with van der Waals surface area (Å²) in [5.41, 5.74) is 0. The maximum atomic E-state index is 12.5. The third-order valence-corrected chi connectivity index (χ3v) is 17.2. The molecule has 2 atom stereocenters. The van der Waals surface area contributed by atoms with Gasteiger partial charge in [-0.15, -0.1) is 0 Å². The molecule has 1 amide bonds. The molecule has 2 unspecified atom stereocenters. The van der Waals surface area contributed by atoms with E-state index in [9.17, 15) is 19.8 Å². The second-order valence-electron chi connectivity index (χ2n) is 25.3. The molecule has 0 fully saturated rings. The van der Waals surface area contributed by atoms with E-state index in [1.165, 1.54) is 321 Å². The van der Waals surface area contributed by atoms with Gasteiger partial charge in [-0.25, -0.2) is 0 Å². The predicted octanol–water partition coefficient (Wildman–Crippen LogP) is 23.9. The zero-order valence-electron chi connectivity index (χ0n) is 54.8. The topological polar surface area (TPSA) is 95.9 Å². The SMILES string of the molecule is CCCCCCCCC/C=C\CCCCCCCC(=O)OCCCCCCCCCCC/C=C\C/C=C\CCCCCCCCCCCCCC(=O)NC(CO)C(O)CCCCCCCCCCCCCCCCCCCCCCC.